The summed E-state index contributed by atoms with van der Waals surface area (Å²) < 4.78 is 0. The van der Waals surface area contributed by atoms with E-state index in [4.69, 9.17) is 11.6 Å². The summed E-state index contributed by atoms with van der Waals surface area (Å²) in [6, 6.07) is 6.75. The average Bonchev–Trinajstić information content (AvgIpc) is 3.05. The van der Waals surface area contributed by atoms with Gasteiger partial charge in [-0.2, -0.15) is 0 Å². The lowest BCUT2D eigenvalue weighted by Gasteiger charge is -2.07. The monoisotopic (exact) mass is 408 g/mol. The second-order valence-corrected chi connectivity index (χ2v) is 7.32. The Kier molecular flexibility index (Phi) is 7.75. The number of carbonyl (C=O) groups excluding carboxylic acids is 3. The highest BCUT2D eigenvalue weighted by atomic mass is 35.5. The molecule has 2 aromatic rings. The van der Waals surface area contributed by atoms with Crippen LogP contribution in [0.3, 0.4) is 0 Å². The van der Waals surface area contributed by atoms with Crippen molar-refractivity contribution in [2.24, 2.45) is 5.92 Å². The molecule has 0 radical (unpaired) electrons. The van der Waals surface area contributed by atoms with Crippen LogP contribution in [0, 0.1) is 5.92 Å². The van der Waals surface area contributed by atoms with Gasteiger partial charge in [0, 0.05) is 24.4 Å². The second-order valence-electron chi connectivity index (χ2n) is 6.05. The summed E-state index contributed by atoms with van der Waals surface area (Å²) in [5, 5.41) is 10.7. The maximum absolute atomic E-state index is 12.0. The first-order valence-electron chi connectivity index (χ1n) is 8.41. The van der Waals surface area contributed by atoms with E-state index in [1.165, 1.54) is 11.3 Å². The summed E-state index contributed by atoms with van der Waals surface area (Å²) >= 11 is 7.24. The van der Waals surface area contributed by atoms with Crippen LogP contribution in [-0.4, -0.2) is 35.8 Å². The van der Waals surface area contributed by atoms with Gasteiger partial charge in [0.2, 0.25) is 11.8 Å². The Morgan fingerprint density at radius 3 is 2.56 bits per heavy atom. The van der Waals surface area contributed by atoms with Crippen LogP contribution in [0.15, 0.2) is 29.6 Å². The average molecular weight is 409 g/mol. The summed E-state index contributed by atoms with van der Waals surface area (Å²) in [5.74, 6) is -0.759. The topological polar surface area (TPSA) is 100 Å². The fourth-order valence-electron chi connectivity index (χ4n) is 2.04. The molecule has 0 aliphatic rings. The maximum Gasteiger partial charge on any atom is 0.252 e. The van der Waals surface area contributed by atoms with Crippen molar-refractivity contribution in [2.45, 2.75) is 20.3 Å². The van der Waals surface area contributed by atoms with Gasteiger partial charge in [-0.25, -0.2) is 4.98 Å². The third-order valence-electron chi connectivity index (χ3n) is 3.50. The third kappa shape index (κ3) is 6.65. The molecule has 0 bridgehead atoms. The molecule has 27 heavy (non-hydrogen) atoms. The number of hydrogen-bond acceptors (Lipinski definition) is 5. The van der Waals surface area contributed by atoms with Crippen molar-refractivity contribution < 1.29 is 14.4 Å². The molecule has 0 fully saturated rings. The molecule has 0 unspecified atom stereocenters. The molecule has 2 rings (SSSR count). The van der Waals surface area contributed by atoms with Gasteiger partial charge < -0.3 is 16.0 Å². The highest BCUT2D eigenvalue weighted by Gasteiger charge is 2.12. The maximum atomic E-state index is 12.0. The van der Waals surface area contributed by atoms with Gasteiger partial charge in [-0.05, 0) is 12.1 Å². The molecule has 0 spiro atoms. The first-order valence-corrected chi connectivity index (χ1v) is 9.67. The number of nitrogens with one attached hydrogen (secondary N) is 3. The summed E-state index contributed by atoms with van der Waals surface area (Å²) in [7, 11) is 0. The lowest BCUT2D eigenvalue weighted by atomic mass is 10.2. The number of carbonyl (C=O) groups is 3. The molecular weight excluding hydrogens is 388 g/mol. The molecule has 0 saturated heterocycles. The Morgan fingerprint density at radius 1 is 1.15 bits per heavy atom. The zero-order valence-electron chi connectivity index (χ0n) is 15.0. The van der Waals surface area contributed by atoms with Crippen molar-refractivity contribution >= 4 is 45.8 Å². The number of aromatic nitrogens is 1. The fraction of sp³-hybridized carbons (Fsp3) is 0.333. The Hall–Kier alpha value is -2.45. The molecule has 0 atom stereocenters. The largest absolute Gasteiger partial charge is 0.354 e. The summed E-state index contributed by atoms with van der Waals surface area (Å²) in [6.07, 6.45) is 0.104. The van der Waals surface area contributed by atoms with Crippen molar-refractivity contribution in [3.63, 3.8) is 0 Å². The van der Waals surface area contributed by atoms with E-state index in [0.717, 1.165) is 0 Å². The first kappa shape index (κ1) is 20.9. The molecule has 7 nitrogen and oxygen atoms in total. The minimum atomic E-state index is -0.292. The van der Waals surface area contributed by atoms with Crippen LogP contribution in [0.4, 0.5) is 5.13 Å². The molecule has 1 aromatic carbocycles. The van der Waals surface area contributed by atoms with Crippen LogP contribution in [0.2, 0.25) is 5.02 Å². The molecule has 9 heteroatoms. The molecule has 3 amide bonds. The number of hydrogen-bond donors (Lipinski definition) is 3. The fourth-order valence-corrected chi connectivity index (χ4v) is 2.98. The van der Waals surface area contributed by atoms with E-state index in [1.807, 2.05) is 0 Å². The predicted molar refractivity (Wildman–Crippen MR) is 106 cm³/mol. The number of thiazole rings is 1. The first-order chi connectivity index (χ1) is 12.9. The van der Waals surface area contributed by atoms with Crippen molar-refractivity contribution in [2.75, 3.05) is 18.4 Å². The molecule has 3 N–H and O–H groups in total. The number of amides is 3. The van der Waals surface area contributed by atoms with Crippen LogP contribution >= 0.6 is 22.9 Å². The molecule has 144 valence electrons. The summed E-state index contributed by atoms with van der Waals surface area (Å²) in [5.41, 5.74) is 0.973. The normalized spacial score (nSPS) is 10.5. The highest BCUT2D eigenvalue weighted by molar-refractivity contribution is 7.13. The highest BCUT2D eigenvalue weighted by Crippen LogP contribution is 2.17. The van der Waals surface area contributed by atoms with Crippen molar-refractivity contribution in [1.82, 2.24) is 15.6 Å². The van der Waals surface area contributed by atoms with Crippen LogP contribution in [0.5, 0.6) is 0 Å². The Bertz CT molecular complexity index is 822. The van der Waals surface area contributed by atoms with Crippen LogP contribution in [-0.2, 0) is 16.0 Å². The van der Waals surface area contributed by atoms with E-state index >= 15 is 0 Å². The predicted octanol–water partition coefficient (Wildman–Crippen LogP) is 2.48. The lowest BCUT2D eigenvalue weighted by Crippen LogP contribution is -2.35. The lowest BCUT2D eigenvalue weighted by molar-refractivity contribution is -0.120. The number of anilines is 1. The van der Waals surface area contributed by atoms with E-state index in [9.17, 15) is 14.4 Å². The molecular formula is C18H21ClN4O3S. The van der Waals surface area contributed by atoms with Gasteiger partial charge in [-0.3, -0.25) is 14.4 Å². The standard InChI is InChI=1S/C18H21ClN4O3S/c1-11(2)16(25)23-18-22-12(10-27-18)9-15(24)20-7-8-21-17(26)13-5-3-4-6-14(13)19/h3-6,10-11H,7-9H2,1-2H3,(H,20,24)(H,21,26)(H,22,23,25). The van der Waals surface area contributed by atoms with E-state index in [2.05, 4.69) is 20.9 Å². The number of benzene rings is 1. The SMILES string of the molecule is CC(C)C(=O)Nc1nc(CC(=O)NCCNC(=O)c2ccccc2Cl)cs1. The van der Waals surface area contributed by atoms with E-state index in [0.29, 0.717) is 21.4 Å². The zero-order chi connectivity index (χ0) is 19.8. The van der Waals surface area contributed by atoms with Crippen LogP contribution in [0.25, 0.3) is 0 Å². The molecule has 1 aromatic heterocycles. The summed E-state index contributed by atoms with van der Waals surface area (Å²) in [4.78, 5) is 39.8. The van der Waals surface area contributed by atoms with Crippen LogP contribution < -0.4 is 16.0 Å². The van der Waals surface area contributed by atoms with Crippen molar-refractivity contribution in [3.05, 3.63) is 45.9 Å². The number of halogens is 1. The zero-order valence-corrected chi connectivity index (χ0v) is 16.6. The Balaban J connectivity index is 1.71. The molecule has 0 saturated carbocycles. The molecule has 0 aliphatic heterocycles. The smallest absolute Gasteiger partial charge is 0.252 e. The quantitative estimate of drug-likeness (QED) is 0.584. The Labute approximate surface area is 166 Å². The van der Waals surface area contributed by atoms with E-state index in [1.54, 1.807) is 43.5 Å². The van der Waals surface area contributed by atoms with Gasteiger partial charge in [0.1, 0.15) is 0 Å². The molecule has 0 aliphatic carbocycles. The summed E-state index contributed by atoms with van der Waals surface area (Å²) in [6.45, 7) is 4.16. The van der Waals surface area contributed by atoms with Gasteiger partial charge in [0.05, 0.1) is 22.7 Å². The van der Waals surface area contributed by atoms with E-state index < -0.39 is 0 Å². The Morgan fingerprint density at radius 2 is 1.85 bits per heavy atom. The third-order valence-corrected chi connectivity index (χ3v) is 4.64. The van der Waals surface area contributed by atoms with Gasteiger partial charge in [-0.1, -0.05) is 37.6 Å². The number of nitrogens with zero attached hydrogens (tertiary/aromatic N) is 1. The minimum absolute atomic E-state index is 0.104. The van der Waals surface area contributed by atoms with Crippen molar-refractivity contribution in [3.8, 4) is 0 Å². The van der Waals surface area contributed by atoms with Gasteiger partial charge >= 0.3 is 0 Å². The number of rotatable bonds is 8. The second kappa shape index (κ2) is 10.0. The molecule has 1 heterocycles. The minimum Gasteiger partial charge on any atom is -0.354 e. The van der Waals surface area contributed by atoms with Gasteiger partial charge in [0.25, 0.3) is 5.91 Å². The van der Waals surface area contributed by atoms with Gasteiger partial charge in [0.15, 0.2) is 5.13 Å². The van der Waals surface area contributed by atoms with Gasteiger partial charge in [-0.15, -0.1) is 11.3 Å². The van der Waals surface area contributed by atoms with E-state index in [-0.39, 0.29) is 43.1 Å². The van der Waals surface area contributed by atoms with Crippen molar-refractivity contribution in [1.29, 1.82) is 0 Å². The van der Waals surface area contributed by atoms with Crippen LogP contribution in [0.1, 0.15) is 29.9 Å².